The monoisotopic (exact) mass is 314 g/mol. The molecule has 1 rings (SSSR count). The highest BCUT2D eigenvalue weighted by Gasteiger charge is 2.35. The molecule has 0 radical (unpaired) electrons. The summed E-state index contributed by atoms with van der Waals surface area (Å²) in [5.74, 6) is -0.727. The summed E-state index contributed by atoms with van der Waals surface area (Å²) in [6.45, 7) is 0. The largest absolute Gasteiger partial charge is 0.417 e. The van der Waals surface area contributed by atoms with Crippen molar-refractivity contribution in [2.45, 2.75) is 12.6 Å². The molecule has 88 valence electrons. The molecule has 16 heavy (non-hydrogen) atoms. The summed E-state index contributed by atoms with van der Waals surface area (Å²) >= 11 is 8.10. The van der Waals surface area contributed by atoms with Crippen LogP contribution in [-0.2, 0) is 17.4 Å². The molecule has 1 aromatic carbocycles. The number of ketones is 1. The van der Waals surface area contributed by atoms with E-state index in [-0.39, 0.29) is 22.3 Å². The first-order chi connectivity index (χ1) is 7.36. The van der Waals surface area contributed by atoms with E-state index in [0.717, 1.165) is 0 Å². The molecule has 0 amide bonds. The van der Waals surface area contributed by atoms with Crippen molar-refractivity contribution in [3.63, 3.8) is 0 Å². The van der Waals surface area contributed by atoms with Gasteiger partial charge < -0.3 is 0 Å². The van der Waals surface area contributed by atoms with Crippen molar-refractivity contribution < 1.29 is 18.0 Å². The summed E-state index contributed by atoms with van der Waals surface area (Å²) in [5, 5.41) is 0. The van der Waals surface area contributed by atoms with Crippen LogP contribution in [0, 0.1) is 0 Å². The van der Waals surface area contributed by atoms with Crippen LogP contribution in [0.5, 0.6) is 0 Å². The van der Waals surface area contributed by atoms with E-state index in [0.29, 0.717) is 0 Å². The molecule has 0 atom stereocenters. The van der Waals surface area contributed by atoms with Crippen LogP contribution in [0.4, 0.5) is 13.2 Å². The predicted octanol–water partition coefficient (Wildman–Crippen LogP) is 3.82. The fourth-order valence-electron chi connectivity index (χ4n) is 1.29. The highest BCUT2D eigenvalue weighted by Crippen LogP contribution is 2.37. The van der Waals surface area contributed by atoms with E-state index in [1.165, 1.54) is 18.2 Å². The topological polar surface area (TPSA) is 17.1 Å². The molecule has 0 fully saturated rings. The zero-order valence-electron chi connectivity index (χ0n) is 7.94. The van der Waals surface area contributed by atoms with Gasteiger partial charge >= 0.3 is 6.18 Å². The molecule has 1 aromatic rings. The molecule has 0 spiro atoms. The molecule has 0 aliphatic rings. The first-order valence-electron chi connectivity index (χ1n) is 4.28. The molecule has 1 nitrogen and oxygen atoms in total. The molecule has 0 saturated carbocycles. The molecule has 0 unspecified atom stereocenters. The molecule has 0 bridgehead atoms. The summed E-state index contributed by atoms with van der Waals surface area (Å²) in [4.78, 5) is 11.1. The van der Waals surface area contributed by atoms with Crippen LogP contribution in [0.3, 0.4) is 0 Å². The van der Waals surface area contributed by atoms with Gasteiger partial charge in [0.15, 0.2) is 5.78 Å². The maximum Gasteiger partial charge on any atom is 0.417 e. The Morgan fingerprint density at radius 2 is 2.00 bits per heavy atom. The van der Waals surface area contributed by atoms with Gasteiger partial charge in [0, 0.05) is 10.9 Å². The van der Waals surface area contributed by atoms with Crippen LogP contribution in [0.2, 0.25) is 0 Å². The molecule has 0 N–H and O–H groups in total. The number of carbonyl (C=O) groups is 1. The van der Waals surface area contributed by atoms with Gasteiger partial charge in [-0.1, -0.05) is 28.1 Å². The molecule has 0 heterocycles. The third kappa shape index (κ3) is 3.22. The number of hydrogen-bond donors (Lipinski definition) is 0. The van der Waals surface area contributed by atoms with E-state index in [1.807, 2.05) is 0 Å². The highest BCUT2D eigenvalue weighted by atomic mass is 79.9. The van der Waals surface area contributed by atoms with Crippen LogP contribution in [-0.4, -0.2) is 11.7 Å². The summed E-state index contributed by atoms with van der Waals surface area (Å²) in [6.07, 6.45) is -4.79. The standard InChI is InChI=1S/C10H7BrClF3O/c11-8-3-1-2-6(4-7(16)5-12)9(8)10(13,14)15/h1-3H,4-5H2. The van der Waals surface area contributed by atoms with E-state index >= 15 is 0 Å². The van der Waals surface area contributed by atoms with Gasteiger partial charge in [0.2, 0.25) is 0 Å². The molecule has 0 aliphatic carbocycles. The number of alkyl halides is 4. The van der Waals surface area contributed by atoms with E-state index in [1.54, 1.807) is 0 Å². The Bertz CT molecular complexity index is 404. The van der Waals surface area contributed by atoms with Gasteiger partial charge in [-0.2, -0.15) is 13.2 Å². The summed E-state index contributed by atoms with van der Waals surface area (Å²) < 4.78 is 38.0. The molecular weight excluding hydrogens is 308 g/mol. The summed E-state index contributed by atoms with van der Waals surface area (Å²) in [5.41, 5.74) is -0.874. The first kappa shape index (κ1) is 13.5. The summed E-state index contributed by atoms with van der Waals surface area (Å²) in [7, 11) is 0. The Labute approximate surface area is 104 Å². The predicted molar refractivity (Wildman–Crippen MR) is 58.6 cm³/mol. The second-order valence-corrected chi connectivity index (χ2v) is 4.24. The average molecular weight is 316 g/mol. The third-order valence-corrected chi connectivity index (χ3v) is 2.88. The molecule has 0 aliphatic heterocycles. The average Bonchev–Trinajstić information content (AvgIpc) is 2.15. The van der Waals surface area contributed by atoms with Crippen molar-refractivity contribution in [1.82, 2.24) is 0 Å². The molecule has 0 aromatic heterocycles. The van der Waals surface area contributed by atoms with Gasteiger partial charge in [0.1, 0.15) is 0 Å². The third-order valence-electron chi connectivity index (χ3n) is 1.92. The minimum atomic E-state index is -4.48. The fourth-order valence-corrected chi connectivity index (χ4v) is 2.02. The van der Waals surface area contributed by atoms with Crippen molar-refractivity contribution in [1.29, 1.82) is 0 Å². The van der Waals surface area contributed by atoms with E-state index in [4.69, 9.17) is 11.6 Å². The molecule has 6 heteroatoms. The number of rotatable bonds is 3. The van der Waals surface area contributed by atoms with E-state index < -0.39 is 17.5 Å². The number of benzene rings is 1. The highest BCUT2D eigenvalue weighted by molar-refractivity contribution is 9.10. The molecular formula is C10H7BrClF3O. The van der Waals surface area contributed by atoms with Gasteiger partial charge in [-0.25, -0.2) is 0 Å². The first-order valence-corrected chi connectivity index (χ1v) is 5.61. The Hall–Kier alpha value is -0.550. The normalized spacial score (nSPS) is 11.6. The Kier molecular flexibility index (Phi) is 4.38. The number of carbonyl (C=O) groups excluding carboxylic acids is 1. The van der Waals surface area contributed by atoms with Gasteiger partial charge in [-0.15, -0.1) is 11.6 Å². The van der Waals surface area contributed by atoms with Crippen LogP contribution in [0.1, 0.15) is 11.1 Å². The lowest BCUT2D eigenvalue weighted by atomic mass is 10.0. The van der Waals surface area contributed by atoms with Crippen molar-refractivity contribution in [2.24, 2.45) is 0 Å². The maximum absolute atomic E-state index is 12.7. The second-order valence-electron chi connectivity index (χ2n) is 3.12. The van der Waals surface area contributed by atoms with Crippen molar-refractivity contribution in [3.8, 4) is 0 Å². The minimum Gasteiger partial charge on any atom is -0.298 e. The van der Waals surface area contributed by atoms with Gasteiger partial charge in [-0.3, -0.25) is 4.79 Å². The van der Waals surface area contributed by atoms with Gasteiger partial charge in [0.25, 0.3) is 0 Å². The maximum atomic E-state index is 12.7. The van der Waals surface area contributed by atoms with E-state index in [9.17, 15) is 18.0 Å². The Morgan fingerprint density at radius 3 is 2.50 bits per heavy atom. The lowest BCUT2D eigenvalue weighted by Gasteiger charge is -2.13. The lowest BCUT2D eigenvalue weighted by molar-refractivity contribution is -0.138. The fraction of sp³-hybridized carbons (Fsp3) is 0.300. The summed E-state index contributed by atoms with van der Waals surface area (Å²) in [6, 6.07) is 4.02. The Balaban J connectivity index is 3.18. The van der Waals surface area contributed by atoms with Crippen LogP contribution in [0.15, 0.2) is 22.7 Å². The van der Waals surface area contributed by atoms with Crippen molar-refractivity contribution in [2.75, 3.05) is 5.88 Å². The van der Waals surface area contributed by atoms with Crippen molar-refractivity contribution in [3.05, 3.63) is 33.8 Å². The van der Waals surface area contributed by atoms with Crippen molar-refractivity contribution >= 4 is 33.3 Å². The zero-order chi connectivity index (χ0) is 12.3. The van der Waals surface area contributed by atoms with Crippen LogP contribution < -0.4 is 0 Å². The quantitative estimate of drug-likeness (QED) is 0.775. The second kappa shape index (κ2) is 5.19. The van der Waals surface area contributed by atoms with Crippen LogP contribution >= 0.6 is 27.5 Å². The SMILES string of the molecule is O=C(CCl)Cc1cccc(Br)c1C(F)(F)F. The zero-order valence-corrected chi connectivity index (χ0v) is 10.3. The van der Waals surface area contributed by atoms with E-state index in [2.05, 4.69) is 15.9 Å². The smallest absolute Gasteiger partial charge is 0.298 e. The number of halogens is 5. The number of hydrogen-bond acceptors (Lipinski definition) is 1. The number of Topliss-reactive ketones (excluding diaryl/α,β-unsaturated/α-hetero) is 1. The van der Waals surface area contributed by atoms with Crippen LogP contribution in [0.25, 0.3) is 0 Å². The lowest BCUT2D eigenvalue weighted by Crippen LogP contribution is -2.14. The van der Waals surface area contributed by atoms with Gasteiger partial charge in [-0.05, 0) is 11.6 Å². The Morgan fingerprint density at radius 1 is 1.38 bits per heavy atom. The minimum absolute atomic E-state index is 0.0625. The van der Waals surface area contributed by atoms with Gasteiger partial charge in [0.05, 0.1) is 11.4 Å². The molecule has 0 saturated heterocycles.